The zero-order valence-electron chi connectivity index (χ0n) is 13.6. The third kappa shape index (κ3) is 4.48. The number of halogens is 2. The molecule has 0 aromatic heterocycles. The summed E-state index contributed by atoms with van der Waals surface area (Å²) in [5.41, 5.74) is 0.562. The first-order valence-corrected chi connectivity index (χ1v) is 7.96. The van der Waals surface area contributed by atoms with E-state index < -0.39 is 11.6 Å². The average Bonchev–Trinajstić information content (AvgIpc) is 2.56. The molecular weight excluding hydrogens is 302 g/mol. The molecule has 1 aliphatic rings. The van der Waals surface area contributed by atoms with Crippen LogP contribution in [-0.4, -0.2) is 54.1 Å². The van der Waals surface area contributed by atoms with Gasteiger partial charge in [-0.25, -0.2) is 8.78 Å². The Labute approximate surface area is 135 Å². The van der Waals surface area contributed by atoms with Crippen molar-refractivity contribution < 1.29 is 18.7 Å². The molecule has 2 atom stereocenters. The van der Waals surface area contributed by atoms with Gasteiger partial charge >= 0.3 is 0 Å². The van der Waals surface area contributed by atoms with E-state index in [2.05, 4.69) is 0 Å². The van der Waals surface area contributed by atoms with Crippen LogP contribution in [0.3, 0.4) is 0 Å². The monoisotopic (exact) mass is 326 g/mol. The molecule has 1 saturated heterocycles. The Morgan fingerprint density at radius 3 is 2.83 bits per heavy atom. The van der Waals surface area contributed by atoms with Gasteiger partial charge < -0.3 is 10.0 Å². The van der Waals surface area contributed by atoms with E-state index in [4.69, 9.17) is 0 Å². The number of likely N-dealkylation sites (N-methyl/N-ethyl adjacent to an activating group) is 1. The number of amides is 1. The van der Waals surface area contributed by atoms with Crippen molar-refractivity contribution in [3.63, 3.8) is 0 Å². The highest BCUT2D eigenvalue weighted by molar-refractivity contribution is 5.78. The van der Waals surface area contributed by atoms with Crippen molar-refractivity contribution in [1.29, 1.82) is 0 Å². The van der Waals surface area contributed by atoms with Crippen molar-refractivity contribution in [2.75, 3.05) is 33.3 Å². The van der Waals surface area contributed by atoms with Gasteiger partial charge in [0.25, 0.3) is 0 Å². The third-order valence-corrected chi connectivity index (χ3v) is 4.62. The fourth-order valence-electron chi connectivity index (χ4n) is 2.96. The molecule has 1 aliphatic heterocycles. The minimum absolute atomic E-state index is 0.0687. The molecule has 2 unspecified atom stereocenters. The van der Waals surface area contributed by atoms with Crippen molar-refractivity contribution in [3.8, 4) is 0 Å². The summed E-state index contributed by atoms with van der Waals surface area (Å²) in [5, 5.41) is 9.25. The van der Waals surface area contributed by atoms with Crippen LogP contribution < -0.4 is 0 Å². The van der Waals surface area contributed by atoms with Gasteiger partial charge in [0, 0.05) is 20.2 Å². The summed E-state index contributed by atoms with van der Waals surface area (Å²) in [4.78, 5) is 16.0. The molecule has 1 fully saturated rings. The number of piperidine rings is 1. The summed E-state index contributed by atoms with van der Waals surface area (Å²) in [6, 6.07) is 3.37. The number of likely N-dealkylation sites (tertiary alicyclic amines) is 1. The second kappa shape index (κ2) is 7.84. The van der Waals surface area contributed by atoms with Gasteiger partial charge in [-0.1, -0.05) is 6.07 Å². The number of carbonyl (C=O) groups is 1. The molecule has 1 heterocycles. The predicted molar refractivity (Wildman–Crippen MR) is 83.8 cm³/mol. The number of benzene rings is 1. The molecule has 6 heteroatoms. The Hall–Kier alpha value is -1.53. The number of hydrogen-bond donors (Lipinski definition) is 1. The Morgan fingerprint density at radius 1 is 1.43 bits per heavy atom. The first kappa shape index (κ1) is 17.8. The maximum atomic E-state index is 13.3. The molecule has 23 heavy (non-hydrogen) atoms. The van der Waals surface area contributed by atoms with Crippen molar-refractivity contribution in [3.05, 3.63) is 35.4 Å². The van der Waals surface area contributed by atoms with Gasteiger partial charge in [0.2, 0.25) is 5.91 Å². The zero-order valence-corrected chi connectivity index (χ0v) is 13.6. The van der Waals surface area contributed by atoms with Crippen LogP contribution in [0.5, 0.6) is 0 Å². The van der Waals surface area contributed by atoms with Crippen LogP contribution in [0.2, 0.25) is 0 Å². The number of hydrogen-bond acceptors (Lipinski definition) is 3. The van der Waals surface area contributed by atoms with E-state index in [0.29, 0.717) is 5.56 Å². The summed E-state index contributed by atoms with van der Waals surface area (Å²) in [7, 11) is 1.67. The Balaban J connectivity index is 1.96. The molecule has 1 aromatic carbocycles. The zero-order chi connectivity index (χ0) is 17.0. The lowest BCUT2D eigenvalue weighted by Gasteiger charge is -2.33. The molecule has 0 aliphatic carbocycles. The quantitative estimate of drug-likeness (QED) is 0.902. The third-order valence-electron chi connectivity index (χ3n) is 4.62. The molecule has 0 spiro atoms. The van der Waals surface area contributed by atoms with Gasteiger partial charge in [-0.15, -0.1) is 0 Å². The lowest BCUT2D eigenvalue weighted by molar-refractivity contribution is -0.133. The van der Waals surface area contributed by atoms with Crippen LogP contribution in [-0.2, 0) is 4.79 Å². The number of carbonyl (C=O) groups excluding carboxylic acids is 1. The lowest BCUT2D eigenvalue weighted by atomic mass is 9.99. The molecule has 1 N–H and O–H groups in total. The number of nitrogens with zero attached hydrogens (tertiary/aromatic N) is 2. The van der Waals surface area contributed by atoms with E-state index in [9.17, 15) is 18.7 Å². The van der Waals surface area contributed by atoms with Gasteiger partial charge in [-0.3, -0.25) is 9.69 Å². The van der Waals surface area contributed by atoms with Crippen LogP contribution in [0.4, 0.5) is 8.78 Å². The smallest absolute Gasteiger partial charge is 0.236 e. The van der Waals surface area contributed by atoms with E-state index in [1.54, 1.807) is 18.9 Å². The van der Waals surface area contributed by atoms with E-state index in [1.165, 1.54) is 6.07 Å². The summed E-state index contributed by atoms with van der Waals surface area (Å²) in [5.74, 6) is -1.64. The van der Waals surface area contributed by atoms with Crippen molar-refractivity contribution in [2.45, 2.75) is 25.8 Å². The summed E-state index contributed by atoms with van der Waals surface area (Å²) in [6.07, 6.45) is 1.96. The van der Waals surface area contributed by atoms with Gasteiger partial charge in [-0.2, -0.15) is 0 Å². The fourth-order valence-corrected chi connectivity index (χ4v) is 2.96. The van der Waals surface area contributed by atoms with Crippen LogP contribution in [0.25, 0.3) is 0 Å². The molecule has 4 nitrogen and oxygen atoms in total. The molecule has 0 bridgehead atoms. The SMILES string of the molecule is CC(c1ccc(F)c(F)c1)N(C)C(=O)CN1CCCC(CO)C1. The number of aliphatic hydroxyl groups is 1. The van der Waals surface area contributed by atoms with Gasteiger partial charge in [0.05, 0.1) is 12.6 Å². The highest BCUT2D eigenvalue weighted by Crippen LogP contribution is 2.22. The van der Waals surface area contributed by atoms with Gasteiger partial charge in [0.15, 0.2) is 11.6 Å². The predicted octanol–water partition coefficient (Wildman–Crippen LogP) is 2.19. The maximum absolute atomic E-state index is 13.3. The maximum Gasteiger partial charge on any atom is 0.236 e. The largest absolute Gasteiger partial charge is 0.396 e. The Bertz CT molecular complexity index is 553. The summed E-state index contributed by atoms with van der Waals surface area (Å²) in [6.45, 7) is 3.77. The summed E-state index contributed by atoms with van der Waals surface area (Å²) >= 11 is 0. The Morgan fingerprint density at radius 2 is 2.17 bits per heavy atom. The van der Waals surface area contributed by atoms with Crippen LogP contribution in [0.15, 0.2) is 18.2 Å². The average molecular weight is 326 g/mol. The first-order valence-electron chi connectivity index (χ1n) is 7.96. The molecule has 128 valence electrons. The van der Waals surface area contributed by atoms with Gasteiger partial charge in [0.1, 0.15) is 0 Å². The molecule has 2 rings (SSSR count). The van der Waals surface area contributed by atoms with E-state index >= 15 is 0 Å². The van der Waals surface area contributed by atoms with Gasteiger partial charge in [-0.05, 0) is 49.9 Å². The normalized spacial score (nSPS) is 20.3. The van der Waals surface area contributed by atoms with Crippen molar-refractivity contribution in [1.82, 2.24) is 9.80 Å². The van der Waals surface area contributed by atoms with E-state index in [-0.39, 0.29) is 31.0 Å². The van der Waals surface area contributed by atoms with Crippen LogP contribution in [0.1, 0.15) is 31.4 Å². The van der Waals surface area contributed by atoms with Crippen molar-refractivity contribution >= 4 is 5.91 Å². The van der Waals surface area contributed by atoms with E-state index in [1.807, 2.05) is 4.90 Å². The Kier molecular flexibility index (Phi) is 6.07. The second-order valence-corrected chi connectivity index (χ2v) is 6.28. The molecule has 1 amide bonds. The number of aliphatic hydroxyl groups excluding tert-OH is 1. The topological polar surface area (TPSA) is 43.8 Å². The highest BCUT2D eigenvalue weighted by Gasteiger charge is 2.24. The fraction of sp³-hybridized carbons (Fsp3) is 0.588. The molecule has 0 saturated carbocycles. The molecule has 0 radical (unpaired) electrons. The van der Waals surface area contributed by atoms with Crippen LogP contribution >= 0.6 is 0 Å². The minimum Gasteiger partial charge on any atom is -0.396 e. The van der Waals surface area contributed by atoms with Crippen molar-refractivity contribution in [2.24, 2.45) is 5.92 Å². The molecule has 1 aromatic rings. The first-order chi connectivity index (χ1) is 10.9. The van der Waals surface area contributed by atoms with E-state index in [0.717, 1.165) is 38.1 Å². The highest BCUT2D eigenvalue weighted by atomic mass is 19.2. The number of rotatable bonds is 5. The minimum atomic E-state index is -0.906. The second-order valence-electron chi connectivity index (χ2n) is 6.28. The standard InChI is InChI=1S/C17H24F2N2O2/c1-12(14-5-6-15(18)16(19)8-14)20(2)17(23)10-21-7-3-4-13(9-21)11-22/h5-6,8,12-13,22H,3-4,7,9-11H2,1-2H3. The van der Waals surface area contributed by atoms with Crippen LogP contribution in [0, 0.1) is 17.6 Å². The summed E-state index contributed by atoms with van der Waals surface area (Å²) < 4.78 is 26.4. The lowest BCUT2D eigenvalue weighted by Crippen LogP contribution is -2.44. The molecular formula is C17H24F2N2O2.